The van der Waals surface area contributed by atoms with Crippen molar-refractivity contribution in [1.29, 1.82) is 0 Å². The molecule has 0 unspecified atom stereocenters. The lowest BCUT2D eigenvalue weighted by molar-refractivity contribution is 0.0952. The third kappa shape index (κ3) is 3.88. The van der Waals surface area contributed by atoms with Crippen LogP contribution in [0.5, 0.6) is 0 Å². The molecular weight excluding hydrogens is 368 g/mol. The van der Waals surface area contributed by atoms with Crippen LogP contribution in [0.25, 0.3) is 0 Å². The smallest absolute Gasteiger partial charge is 0.252 e. The van der Waals surface area contributed by atoms with Crippen molar-refractivity contribution >= 4 is 31.9 Å². The maximum Gasteiger partial charge on any atom is 0.252 e. The first-order valence-electron chi connectivity index (χ1n) is 7.54. The number of carbonyl (C=O) groups is 1. The predicted molar refractivity (Wildman–Crippen MR) is 89.4 cm³/mol. The van der Waals surface area contributed by atoms with E-state index in [9.17, 15) is 13.2 Å². The number of halogens is 1. The number of hydrogen-bond acceptors (Lipinski definition) is 3. The van der Waals surface area contributed by atoms with Gasteiger partial charge in [0.1, 0.15) is 0 Å². The number of unbranched alkanes of at least 4 members (excludes halogenated alkanes) is 1. The fourth-order valence-electron chi connectivity index (χ4n) is 2.39. The van der Waals surface area contributed by atoms with Crippen LogP contribution in [0.3, 0.4) is 0 Å². The molecule has 1 aromatic rings. The molecule has 0 aromatic heterocycles. The molecule has 1 aliphatic rings. The first kappa shape index (κ1) is 17.4. The van der Waals surface area contributed by atoms with Crippen molar-refractivity contribution in [2.24, 2.45) is 0 Å². The van der Waals surface area contributed by atoms with Gasteiger partial charge in [-0.2, -0.15) is 4.31 Å². The minimum atomic E-state index is -3.50. The number of benzene rings is 1. The van der Waals surface area contributed by atoms with E-state index in [1.54, 1.807) is 12.1 Å². The maximum atomic E-state index is 12.6. The van der Waals surface area contributed by atoms with Gasteiger partial charge < -0.3 is 5.32 Å². The third-order valence-electron chi connectivity index (χ3n) is 3.70. The van der Waals surface area contributed by atoms with Gasteiger partial charge in [0, 0.05) is 24.1 Å². The van der Waals surface area contributed by atoms with Crippen LogP contribution in [0.15, 0.2) is 27.6 Å². The van der Waals surface area contributed by atoms with Gasteiger partial charge in [-0.1, -0.05) is 13.3 Å². The van der Waals surface area contributed by atoms with Crippen molar-refractivity contribution < 1.29 is 13.2 Å². The van der Waals surface area contributed by atoms with Crippen LogP contribution < -0.4 is 5.32 Å². The Hall–Kier alpha value is -0.920. The van der Waals surface area contributed by atoms with E-state index in [0.717, 1.165) is 25.7 Å². The number of amides is 1. The fraction of sp³-hybridized carbons (Fsp3) is 0.533. The average molecular weight is 389 g/mol. The van der Waals surface area contributed by atoms with E-state index in [-0.39, 0.29) is 10.8 Å². The zero-order valence-corrected chi connectivity index (χ0v) is 15.0. The van der Waals surface area contributed by atoms with Crippen LogP contribution >= 0.6 is 15.9 Å². The van der Waals surface area contributed by atoms with E-state index >= 15 is 0 Å². The molecule has 2 rings (SSSR count). The van der Waals surface area contributed by atoms with Crippen molar-refractivity contribution in [3.63, 3.8) is 0 Å². The summed E-state index contributed by atoms with van der Waals surface area (Å²) in [7, 11) is -3.50. The summed E-state index contributed by atoms with van der Waals surface area (Å²) in [6.45, 7) is 3.74. The standard InChI is InChI=1S/C15H21BrN2O3S/c1-2-3-8-17-15(19)13-11-12(6-7-14(13)16)22(20,21)18-9-4-5-10-18/h6-7,11H,2-5,8-10H2,1H3,(H,17,19). The van der Waals surface area contributed by atoms with Crippen LogP contribution in [0.4, 0.5) is 0 Å². The highest BCUT2D eigenvalue weighted by atomic mass is 79.9. The molecule has 0 atom stereocenters. The molecular formula is C15H21BrN2O3S. The largest absolute Gasteiger partial charge is 0.352 e. The lowest BCUT2D eigenvalue weighted by atomic mass is 10.2. The second kappa shape index (κ2) is 7.57. The summed E-state index contributed by atoms with van der Waals surface area (Å²) in [5.74, 6) is -0.251. The molecule has 0 spiro atoms. The van der Waals surface area contributed by atoms with Gasteiger partial charge in [0.15, 0.2) is 0 Å². The summed E-state index contributed by atoms with van der Waals surface area (Å²) in [6, 6.07) is 4.62. The number of nitrogens with one attached hydrogen (secondary N) is 1. The van der Waals surface area contributed by atoms with Crippen molar-refractivity contribution in [2.75, 3.05) is 19.6 Å². The molecule has 1 N–H and O–H groups in total. The van der Waals surface area contributed by atoms with E-state index in [0.29, 0.717) is 29.7 Å². The molecule has 122 valence electrons. The SMILES string of the molecule is CCCCNC(=O)c1cc(S(=O)(=O)N2CCCC2)ccc1Br. The van der Waals surface area contributed by atoms with Crippen LogP contribution in [0.1, 0.15) is 43.0 Å². The molecule has 1 heterocycles. The molecule has 1 saturated heterocycles. The summed E-state index contributed by atoms with van der Waals surface area (Å²) in [5.41, 5.74) is 0.358. The molecule has 22 heavy (non-hydrogen) atoms. The van der Waals surface area contributed by atoms with Crippen molar-refractivity contribution in [3.8, 4) is 0 Å². The van der Waals surface area contributed by atoms with Crippen LogP contribution in [0.2, 0.25) is 0 Å². The van der Waals surface area contributed by atoms with Crippen molar-refractivity contribution in [3.05, 3.63) is 28.2 Å². The second-order valence-corrected chi connectivity index (χ2v) is 8.15. The van der Waals surface area contributed by atoms with Gasteiger partial charge in [0.2, 0.25) is 10.0 Å². The normalized spacial score (nSPS) is 15.9. The van der Waals surface area contributed by atoms with Gasteiger partial charge in [-0.05, 0) is 53.4 Å². The number of sulfonamides is 1. The highest BCUT2D eigenvalue weighted by Gasteiger charge is 2.28. The zero-order chi connectivity index (χ0) is 16.2. The Bertz CT molecular complexity index is 640. The molecule has 5 nitrogen and oxygen atoms in total. The molecule has 7 heteroatoms. The summed E-state index contributed by atoms with van der Waals surface area (Å²) >= 11 is 3.32. The van der Waals surface area contributed by atoms with Gasteiger partial charge in [0.05, 0.1) is 10.5 Å². The summed E-state index contributed by atoms with van der Waals surface area (Å²) < 4.78 is 27.2. The molecule has 0 aliphatic carbocycles. The zero-order valence-electron chi connectivity index (χ0n) is 12.6. The Morgan fingerprint density at radius 1 is 1.32 bits per heavy atom. The quantitative estimate of drug-likeness (QED) is 0.761. The monoisotopic (exact) mass is 388 g/mol. The van der Waals surface area contributed by atoms with Gasteiger partial charge >= 0.3 is 0 Å². The molecule has 0 saturated carbocycles. The lowest BCUT2D eigenvalue weighted by Gasteiger charge is -2.16. The number of nitrogens with zero attached hydrogens (tertiary/aromatic N) is 1. The van der Waals surface area contributed by atoms with E-state index in [2.05, 4.69) is 21.2 Å². The molecule has 1 fully saturated rings. The Morgan fingerprint density at radius 2 is 2.00 bits per heavy atom. The van der Waals surface area contributed by atoms with E-state index in [1.807, 2.05) is 6.92 Å². The highest BCUT2D eigenvalue weighted by Crippen LogP contribution is 2.25. The van der Waals surface area contributed by atoms with Crippen molar-refractivity contribution in [1.82, 2.24) is 9.62 Å². The Morgan fingerprint density at radius 3 is 2.64 bits per heavy atom. The molecule has 1 amide bonds. The first-order chi connectivity index (χ1) is 10.5. The van der Waals surface area contributed by atoms with E-state index < -0.39 is 10.0 Å². The Labute approximate surface area is 140 Å². The molecule has 1 aromatic carbocycles. The second-order valence-electron chi connectivity index (χ2n) is 5.36. The average Bonchev–Trinajstić information content (AvgIpc) is 3.02. The topological polar surface area (TPSA) is 66.5 Å². The molecule has 0 radical (unpaired) electrons. The minimum absolute atomic E-state index is 0.179. The van der Waals surface area contributed by atoms with Gasteiger partial charge in [-0.15, -0.1) is 0 Å². The summed E-state index contributed by atoms with van der Waals surface area (Å²) in [4.78, 5) is 12.4. The highest BCUT2D eigenvalue weighted by molar-refractivity contribution is 9.10. The maximum absolute atomic E-state index is 12.6. The van der Waals surface area contributed by atoms with Crippen LogP contribution in [-0.4, -0.2) is 38.3 Å². The van der Waals surface area contributed by atoms with Gasteiger partial charge in [0.25, 0.3) is 5.91 Å². The number of carbonyl (C=O) groups excluding carboxylic acids is 1. The minimum Gasteiger partial charge on any atom is -0.352 e. The third-order valence-corrected chi connectivity index (χ3v) is 6.29. The predicted octanol–water partition coefficient (Wildman–Crippen LogP) is 2.76. The van der Waals surface area contributed by atoms with Crippen molar-refractivity contribution in [2.45, 2.75) is 37.5 Å². The first-order valence-corrected chi connectivity index (χ1v) is 9.78. The van der Waals surface area contributed by atoms with E-state index in [1.165, 1.54) is 10.4 Å². The Balaban J connectivity index is 2.24. The molecule has 1 aliphatic heterocycles. The van der Waals surface area contributed by atoms with Gasteiger partial charge in [-0.25, -0.2) is 8.42 Å². The number of hydrogen-bond donors (Lipinski definition) is 1. The lowest BCUT2D eigenvalue weighted by Crippen LogP contribution is -2.29. The Kier molecular flexibility index (Phi) is 6.00. The van der Waals surface area contributed by atoms with Crippen LogP contribution in [-0.2, 0) is 10.0 Å². The summed E-state index contributed by atoms with van der Waals surface area (Å²) in [5, 5.41) is 2.81. The fourth-order valence-corrected chi connectivity index (χ4v) is 4.36. The van der Waals surface area contributed by atoms with E-state index in [4.69, 9.17) is 0 Å². The number of rotatable bonds is 6. The molecule has 0 bridgehead atoms. The van der Waals surface area contributed by atoms with Crippen LogP contribution in [0, 0.1) is 0 Å². The van der Waals surface area contributed by atoms with Gasteiger partial charge in [-0.3, -0.25) is 4.79 Å². The summed E-state index contributed by atoms with van der Waals surface area (Å²) in [6.07, 6.45) is 3.67.